The van der Waals surface area contributed by atoms with Crippen molar-refractivity contribution in [3.63, 3.8) is 0 Å². The molecule has 7 heteroatoms. The van der Waals surface area contributed by atoms with Crippen LogP contribution in [0, 0.1) is 6.92 Å². The van der Waals surface area contributed by atoms with Crippen LogP contribution >= 0.6 is 0 Å². The number of carbonyl (C=O) groups is 1. The van der Waals surface area contributed by atoms with E-state index in [1.54, 1.807) is 14.0 Å². The minimum atomic E-state index is -0.360. The number of carbonyl (C=O) groups excluding carboxylic acids is 1. The third-order valence-electron chi connectivity index (χ3n) is 4.38. The fourth-order valence-corrected chi connectivity index (χ4v) is 3.12. The molecule has 0 unspecified atom stereocenters. The van der Waals surface area contributed by atoms with Gasteiger partial charge in [0, 0.05) is 13.5 Å². The van der Waals surface area contributed by atoms with Crippen LogP contribution in [-0.4, -0.2) is 28.1 Å². The number of benzene rings is 1. The van der Waals surface area contributed by atoms with Crippen LogP contribution in [-0.2, 0) is 13.5 Å². The quantitative estimate of drug-likeness (QED) is 0.783. The summed E-state index contributed by atoms with van der Waals surface area (Å²) in [5, 5.41) is 3.05. The Balaban J connectivity index is 1.55. The van der Waals surface area contributed by atoms with Gasteiger partial charge in [-0.2, -0.15) is 0 Å². The molecule has 1 N–H and O–H groups in total. The number of aromatic nitrogens is 2. The maximum absolute atomic E-state index is 12.6. The minimum Gasteiger partial charge on any atom is -0.488 e. The summed E-state index contributed by atoms with van der Waals surface area (Å²) in [6.07, 6.45) is 1.99. The summed E-state index contributed by atoms with van der Waals surface area (Å²) in [7, 11) is 1.59. The first-order chi connectivity index (χ1) is 12.0. The van der Waals surface area contributed by atoms with E-state index in [0.717, 1.165) is 17.7 Å². The van der Waals surface area contributed by atoms with Crippen LogP contribution in [0.2, 0.25) is 0 Å². The van der Waals surface area contributed by atoms with Crippen molar-refractivity contribution in [3.8, 4) is 5.75 Å². The molecular formula is C18H17N3O4. The molecule has 1 atom stereocenters. The van der Waals surface area contributed by atoms with Crippen LogP contribution in [0.15, 0.2) is 39.8 Å². The number of aryl methyl sites for hydroxylation is 2. The average molecular weight is 339 g/mol. The van der Waals surface area contributed by atoms with E-state index in [-0.39, 0.29) is 34.2 Å². The van der Waals surface area contributed by atoms with Crippen molar-refractivity contribution in [1.29, 1.82) is 0 Å². The molecule has 0 fully saturated rings. The van der Waals surface area contributed by atoms with E-state index in [1.165, 1.54) is 10.9 Å². The van der Waals surface area contributed by atoms with Gasteiger partial charge in [0.2, 0.25) is 5.71 Å². The zero-order valence-electron chi connectivity index (χ0n) is 13.9. The first-order valence-corrected chi connectivity index (χ1v) is 8.02. The summed E-state index contributed by atoms with van der Waals surface area (Å²) in [6, 6.07) is 7.82. The Kier molecular flexibility index (Phi) is 3.56. The van der Waals surface area contributed by atoms with Crippen LogP contribution in [0.4, 0.5) is 0 Å². The fourth-order valence-electron chi connectivity index (χ4n) is 3.12. The lowest BCUT2D eigenvalue weighted by Crippen LogP contribution is -2.35. The molecule has 1 amide bonds. The Morgan fingerprint density at radius 3 is 3.00 bits per heavy atom. The number of rotatable bonds is 3. The van der Waals surface area contributed by atoms with Gasteiger partial charge in [0.05, 0.1) is 12.1 Å². The first kappa shape index (κ1) is 15.4. The second-order valence-electron chi connectivity index (χ2n) is 6.14. The summed E-state index contributed by atoms with van der Waals surface area (Å²) in [6.45, 7) is 2.00. The Morgan fingerprint density at radius 1 is 1.40 bits per heavy atom. The number of furan rings is 1. The molecule has 7 nitrogen and oxygen atoms in total. The van der Waals surface area contributed by atoms with Crippen molar-refractivity contribution < 1.29 is 13.9 Å². The van der Waals surface area contributed by atoms with Gasteiger partial charge in [0.1, 0.15) is 29.3 Å². The largest absolute Gasteiger partial charge is 0.488 e. The highest BCUT2D eigenvalue weighted by Crippen LogP contribution is 2.28. The average Bonchev–Trinajstić information content (AvgIpc) is 3.16. The van der Waals surface area contributed by atoms with Crippen LogP contribution < -0.4 is 15.6 Å². The molecular weight excluding hydrogens is 322 g/mol. The first-order valence-electron chi connectivity index (χ1n) is 8.02. The molecule has 128 valence electrons. The highest BCUT2D eigenvalue weighted by atomic mass is 16.5. The van der Waals surface area contributed by atoms with Crippen LogP contribution in [0.3, 0.4) is 0 Å². The molecule has 25 heavy (non-hydrogen) atoms. The molecule has 3 heterocycles. The number of nitrogens with one attached hydrogen (secondary N) is 1. The standard InChI is InChI=1S/C18H17N3O4/c1-10-14(15-17(24-10)20-9-21(2)18(15)23)16(22)19-8-12-7-11-5-3-4-6-13(11)25-12/h3-6,9,12H,7-8H2,1-2H3,(H,19,22)/t12-/m1/s1. The van der Waals surface area contributed by atoms with Gasteiger partial charge < -0.3 is 19.0 Å². The van der Waals surface area contributed by atoms with Gasteiger partial charge in [-0.15, -0.1) is 0 Å². The minimum absolute atomic E-state index is 0.124. The molecule has 0 spiro atoms. The van der Waals surface area contributed by atoms with E-state index in [0.29, 0.717) is 12.3 Å². The topological polar surface area (TPSA) is 86.4 Å². The maximum Gasteiger partial charge on any atom is 0.265 e. The summed E-state index contributed by atoms with van der Waals surface area (Å²) >= 11 is 0. The third-order valence-corrected chi connectivity index (χ3v) is 4.38. The van der Waals surface area contributed by atoms with Crippen molar-refractivity contribution in [2.24, 2.45) is 7.05 Å². The Bertz CT molecular complexity index is 1010. The summed E-state index contributed by atoms with van der Waals surface area (Å²) < 4.78 is 12.6. The maximum atomic E-state index is 12.6. The number of hydrogen-bond donors (Lipinski definition) is 1. The highest BCUT2D eigenvalue weighted by Gasteiger charge is 2.26. The van der Waals surface area contributed by atoms with E-state index < -0.39 is 0 Å². The molecule has 0 aliphatic carbocycles. The zero-order valence-corrected chi connectivity index (χ0v) is 13.9. The van der Waals surface area contributed by atoms with Crippen molar-refractivity contribution in [2.75, 3.05) is 6.54 Å². The number of hydrogen-bond acceptors (Lipinski definition) is 5. The van der Waals surface area contributed by atoms with Crippen molar-refractivity contribution >= 4 is 17.0 Å². The van der Waals surface area contributed by atoms with Gasteiger partial charge >= 0.3 is 0 Å². The van der Waals surface area contributed by atoms with Gasteiger partial charge in [-0.3, -0.25) is 9.59 Å². The number of nitrogens with zero attached hydrogens (tertiary/aromatic N) is 2. The van der Waals surface area contributed by atoms with E-state index in [9.17, 15) is 9.59 Å². The van der Waals surface area contributed by atoms with Crippen molar-refractivity contribution in [3.05, 3.63) is 57.8 Å². The third kappa shape index (κ3) is 2.57. The molecule has 1 aliphatic rings. The SMILES string of the molecule is Cc1oc2ncn(C)c(=O)c2c1C(=O)NC[C@H]1Cc2ccccc2O1. The number of fused-ring (bicyclic) bond motifs is 2. The predicted molar refractivity (Wildman–Crippen MR) is 90.9 cm³/mol. The normalized spacial score (nSPS) is 15.8. The Hall–Kier alpha value is -3.09. The Morgan fingerprint density at radius 2 is 2.20 bits per heavy atom. The van der Waals surface area contributed by atoms with Crippen LogP contribution in [0.25, 0.3) is 11.1 Å². The molecule has 1 aliphatic heterocycles. The lowest BCUT2D eigenvalue weighted by atomic mass is 10.1. The van der Waals surface area contributed by atoms with Gasteiger partial charge in [-0.05, 0) is 18.6 Å². The summed E-state index contributed by atoms with van der Waals surface area (Å²) in [5.41, 5.74) is 1.23. The predicted octanol–water partition coefficient (Wildman–Crippen LogP) is 1.57. The lowest BCUT2D eigenvalue weighted by Gasteiger charge is -2.11. The second-order valence-corrected chi connectivity index (χ2v) is 6.14. The van der Waals surface area contributed by atoms with E-state index in [4.69, 9.17) is 9.15 Å². The summed E-state index contributed by atoms with van der Waals surface area (Å²) in [5.74, 6) is 0.865. The van der Waals surface area contributed by atoms with E-state index >= 15 is 0 Å². The Labute approximate surface area is 143 Å². The van der Waals surface area contributed by atoms with Crippen LogP contribution in [0.1, 0.15) is 21.7 Å². The highest BCUT2D eigenvalue weighted by molar-refractivity contribution is 6.06. The molecule has 1 aromatic carbocycles. The summed E-state index contributed by atoms with van der Waals surface area (Å²) in [4.78, 5) is 29.0. The molecule has 0 radical (unpaired) electrons. The number of ether oxygens (including phenoxy) is 1. The van der Waals surface area contributed by atoms with Crippen LogP contribution in [0.5, 0.6) is 5.75 Å². The molecule has 0 saturated heterocycles. The van der Waals surface area contributed by atoms with Crippen molar-refractivity contribution in [2.45, 2.75) is 19.4 Å². The van der Waals surface area contributed by atoms with Gasteiger partial charge in [0.25, 0.3) is 11.5 Å². The van der Waals surface area contributed by atoms with E-state index in [2.05, 4.69) is 10.3 Å². The monoisotopic (exact) mass is 339 g/mol. The molecule has 0 bridgehead atoms. The van der Waals surface area contributed by atoms with E-state index in [1.807, 2.05) is 24.3 Å². The molecule has 3 aromatic rings. The molecule has 2 aromatic heterocycles. The van der Waals surface area contributed by atoms with Gasteiger partial charge in [-0.1, -0.05) is 18.2 Å². The number of amides is 1. The zero-order chi connectivity index (χ0) is 17.6. The van der Waals surface area contributed by atoms with Crippen molar-refractivity contribution in [1.82, 2.24) is 14.9 Å². The molecule has 4 rings (SSSR count). The smallest absolute Gasteiger partial charge is 0.265 e. The van der Waals surface area contributed by atoms with Gasteiger partial charge in [0.15, 0.2) is 0 Å². The lowest BCUT2D eigenvalue weighted by molar-refractivity contribution is 0.0933. The second kappa shape index (κ2) is 5.77. The molecule has 0 saturated carbocycles. The van der Waals surface area contributed by atoms with Gasteiger partial charge in [-0.25, -0.2) is 4.98 Å². The number of para-hydroxylation sites is 1. The fraction of sp³-hybridized carbons (Fsp3) is 0.278.